The van der Waals surface area contributed by atoms with E-state index in [-0.39, 0.29) is 23.4 Å². The Morgan fingerprint density at radius 1 is 1.26 bits per heavy atom. The highest BCUT2D eigenvalue weighted by Crippen LogP contribution is 2.31. The molecular weight excluding hydrogens is 469 g/mol. The van der Waals surface area contributed by atoms with Crippen LogP contribution in [0.15, 0.2) is 53.2 Å². The molecule has 180 valence electrons. The van der Waals surface area contributed by atoms with Crippen molar-refractivity contribution < 1.29 is 13.6 Å². The second-order valence-electron chi connectivity index (χ2n) is 8.89. The average Bonchev–Trinajstić information content (AvgIpc) is 3.26. The lowest BCUT2D eigenvalue weighted by Gasteiger charge is -2.40. The number of nitrogens with zero attached hydrogens (tertiary/aromatic N) is 4. The van der Waals surface area contributed by atoms with Crippen LogP contribution in [-0.2, 0) is 0 Å². The molecule has 0 spiro atoms. The Morgan fingerprint density at radius 2 is 2.06 bits per heavy atom. The molecule has 0 unspecified atom stereocenters. The van der Waals surface area contributed by atoms with E-state index in [1.165, 1.54) is 0 Å². The number of rotatable bonds is 5. The van der Waals surface area contributed by atoms with Crippen molar-refractivity contribution in [2.75, 3.05) is 18.4 Å². The fourth-order valence-electron chi connectivity index (χ4n) is 4.64. The van der Waals surface area contributed by atoms with Gasteiger partial charge in [0.05, 0.1) is 11.6 Å². The minimum atomic E-state index is -0.541. The summed E-state index contributed by atoms with van der Waals surface area (Å²) in [4.78, 5) is 28.6. The van der Waals surface area contributed by atoms with Crippen molar-refractivity contribution in [3.63, 3.8) is 0 Å². The SMILES string of the molecule is Cc1ccc(-c2ncccn2)c(C(=O)N2CCC[C@@H](C)[C@H]2CNc2nc3cc(Cl)ccc3o2)c1F. The van der Waals surface area contributed by atoms with E-state index in [0.717, 1.165) is 12.8 Å². The molecule has 1 aliphatic rings. The van der Waals surface area contributed by atoms with Crippen LogP contribution in [0.4, 0.5) is 10.4 Å². The number of halogens is 2. The van der Waals surface area contributed by atoms with Crippen molar-refractivity contribution in [2.45, 2.75) is 32.7 Å². The lowest BCUT2D eigenvalue weighted by molar-refractivity contribution is 0.0535. The molecule has 1 amide bonds. The number of nitrogens with one attached hydrogen (secondary N) is 1. The molecule has 35 heavy (non-hydrogen) atoms. The van der Waals surface area contributed by atoms with E-state index in [2.05, 4.69) is 27.2 Å². The summed E-state index contributed by atoms with van der Waals surface area (Å²) in [5.74, 6) is -0.389. The Balaban J connectivity index is 1.45. The van der Waals surface area contributed by atoms with Crippen LogP contribution in [0, 0.1) is 18.7 Å². The predicted octanol–water partition coefficient (Wildman–Crippen LogP) is 5.74. The highest BCUT2D eigenvalue weighted by atomic mass is 35.5. The number of benzene rings is 2. The Hall–Kier alpha value is -3.52. The first-order valence-electron chi connectivity index (χ1n) is 11.6. The summed E-state index contributed by atoms with van der Waals surface area (Å²) in [5.41, 5.74) is 2.07. The van der Waals surface area contributed by atoms with Crippen LogP contribution in [0.2, 0.25) is 5.02 Å². The third-order valence-corrected chi connectivity index (χ3v) is 6.78. The summed E-state index contributed by atoms with van der Waals surface area (Å²) in [7, 11) is 0. The van der Waals surface area contributed by atoms with Crippen LogP contribution in [0.3, 0.4) is 0 Å². The molecule has 9 heteroatoms. The molecule has 1 fully saturated rings. The summed E-state index contributed by atoms with van der Waals surface area (Å²) in [6, 6.07) is 10.5. The lowest BCUT2D eigenvalue weighted by Crippen LogP contribution is -2.51. The van der Waals surface area contributed by atoms with Gasteiger partial charge in [-0.05, 0) is 61.6 Å². The highest BCUT2D eigenvalue weighted by Gasteiger charge is 2.35. The number of oxazole rings is 1. The smallest absolute Gasteiger partial charge is 0.295 e. The van der Waals surface area contributed by atoms with Crippen molar-refractivity contribution in [3.05, 3.63) is 70.8 Å². The summed E-state index contributed by atoms with van der Waals surface area (Å²) >= 11 is 6.05. The zero-order valence-electron chi connectivity index (χ0n) is 19.5. The first-order chi connectivity index (χ1) is 16.9. The van der Waals surface area contributed by atoms with E-state index in [9.17, 15) is 4.79 Å². The normalized spacial score (nSPS) is 18.1. The fraction of sp³-hybridized carbons (Fsp3) is 0.308. The van der Waals surface area contributed by atoms with Gasteiger partial charge in [-0.2, -0.15) is 4.98 Å². The minimum absolute atomic E-state index is 0.00630. The fourth-order valence-corrected chi connectivity index (χ4v) is 4.80. The molecule has 5 rings (SSSR count). The second kappa shape index (κ2) is 9.62. The largest absolute Gasteiger partial charge is 0.424 e. The molecule has 7 nitrogen and oxygen atoms in total. The zero-order valence-corrected chi connectivity index (χ0v) is 20.2. The van der Waals surface area contributed by atoms with Crippen molar-refractivity contribution in [3.8, 4) is 11.4 Å². The van der Waals surface area contributed by atoms with Crippen LogP contribution in [0.25, 0.3) is 22.5 Å². The molecule has 2 aromatic carbocycles. The van der Waals surface area contributed by atoms with Gasteiger partial charge in [0.1, 0.15) is 11.3 Å². The van der Waals surface area contributed by atoms with Gasteiger partial charge in [-0.25, -0.2) is 14.4 Å². The number of aromatic nitrogens is 3. The predicted molar refractivity (Wildman–Crippen MR) is 133 cm³/mol. The first kappa shape index (κ1) is 23.2. The molecule has 2 atom stereocenters. The van der Waals surface area contributed by atoms with E-state index >= 15 is 4.39 Å². The van der Waals surface area contributed by atoms with Crippen LogP contribution in [-0.4, -0.2) is 44.9 Å². The Labute approximate surface area is 207 Å². The molecular formula is C26H25ClFN5O2. The Morgan fingerprint density at radius 3 is 2.86 bits per heavy atom. The van der Waals surface area contributed by atoms with Crippen molar-refractivity contribution >= 4 is 34.6 Å². The van der Waals surface area contributed by atoms with Gasteiger partial charge in [-0.15, -0.1) is 0 Å². The lowest BCUT2D eigenvalue weighted by atomic mass is 9.89. The number of hydrogen-bond donors (Lipinski definition) is 1. The Kier molecular flexibility index (Phi) is 6.38. The minimum Gasteiger partial charge on any atom is -0.424 e. The molecule has 0 saturated carbocycles. The molecule has 3 heterocycles. The second-order valence-corrected chi connectivity index (χ2v) is 9.33. The Bertz CT molecular complexity index is 1380. The number of carbonyl (C=O) groups is 1. The van der Waals surface area contributed by atoms with Gasteiger partial charge < -0.3 is 14.6 Å². The number of carbonyl (C=O) groups excluding carboxylic acids is 1. The van der Waals surface area contributed by atoms with E-state index in [1.807, 2.05) is 0 Å². The van der Waals surface area contributed by atoms with Crippen LogP contribution in [0.5, 0.6) is 0 Å². The molecule has 0 radical (unpaired) electrons. The van der Waals surface area contributed by atoms with E-state index in [4.69, 9.17) is 16.0 Å². The van der Waals surface area contributed by atoms with Gasteiger partial charge in [0.15, 0.2) is 11.4 Å². The highest BCUT2D eigenvalue weighted by molar-refractivity contribution is 6.31. The number of fused-ring (bicyclic) bond motifs is 1. The maximum atomic E-state index is 15.4. The standard InChI is InChI=1S/C26H25ClFN5O2/c1-15-5-3-12-33(20(15)14-31-26-32-19-13-17(27)7-9-21(19)35-26)25(34)22-18(8-6-16(2)23(22)28)24-29-10-4-11-30-24/h4,6-11,13,15,20H,3,5,12,14H2,1-2H3,(H,31,32)/t15-,20-/m1/s1. The van der Waals surface area contributed by atoms with E-state index < -0.39 is 5.82 Å². The van der Waals surface area contributed by atoms with Crippen LogP contribution >= 0.6 is 11.6 Å². The van der Waals surface area contributed by atoms with Gasteiger partial charge in [0, 0.05) is 36.1 Å². The molecule has 2 aromatic heterocycles. The monoisotopic (exact) mass is 493 g/mol. The van der Waals surface area contributed by atoms with Crippen LogP contribution < -0.4 is 5.32 Å². The van der Waals surface area contributed by atoms with Gasteiger partial charge in [-0.3, -0.25) is 4.79 Å². The summed E-state index contributed by atoms with van der Waals surface area (Å²) in [5, 5.41) is 3.81. The molecule has 0 bridgehead atoms. The summed E-state index contributed by atoms with van der Waals surface area (Å²) in [6.07, 6.45) is 4.97. The molecule has 4 aromatic rings. The number of amides is 1. The maximum absolute atomic E-state index is 15.4. The number of aryl methyl sites for hydroxylation is 1. The van der Waals surface area contributed by atoms with Gasteiger partial charge in [-0.1, -0.05) is 24.6 Å². The topological polar surface area (TPSA) is 84.2 Å². The molecule has 1 saturated heterocycles. The number of hydrogen-bond acceptors (Lipinski definition) is 6. The van der Waals surface area contributed by atoms with E-state index in [0.29, 0.717) is 52.2 Å². The molecule has 0 aliphatic carbocycles. The van der Waals surface area contributed by atoms with Gasteiger partial charge in [0.25, 0.3) is 11.9 Å². The summed E-state index contributed by atoms with van der Waals surface area (Å²) < 4.78 is 21.2. The third-order valence-electron chi connectivity index (χ3n) is 6.54. The van der Waals surface area contributed by atoms with Gasteiger partial charge >= 0.3 is 0 Å². The quantitative estimate of drug-likeness (QED) is 0.381. The number of likely N-dealkylation sites (tertiary alicyclic amines) is 1. The first-order valence-corrected chi connectivity index (χ1v) is 12.0. The number of piperidine rings is 1. The van der Waals surface area contributed by atoms with Gasteiger partial charge in [0.2, 0.25) is 0 Å². The van der Waals surface area contributed by atoms with Crippen molar-refractivity contribution in [1.29, 1.82) is 0 Å². The molecule has 1 aliphatic heterocycles. The maximum Gasteiger partial charge on any atom is 0.295 e. The van der Waals surface area contributed by atoms with Crippen LogP contribution in [0.1, 0.15) is 35.7 Å². The third kappa shape index (κ3) is 4.58. The van der Waals surface area contributed by atoms with Crippen molar-refractivity contribution in [1.82, 2.24) is 19.9 Å². The number of anilines is 1. The summed E-state index contributed by atoms with van der Waals surface area (Å²) in [6.45, 7) is 4.70. The molecule has 1 N–H and O–H groups in total. The van der Waals surface area contributed by atoms with E-state index in [1.54, 1.807) is 60.6 Å². The van der Waals surface area contributed by atoms with Crippen molar-refractivity contribution in [2.24, 2.45) is 5.92 Å². The zero-order chi connectivity index (χ0) is 24.5. The average molecular weight is 494 g/mol.